The number of urea groups is 1. The SMILES string of the molecule is C=C1C(CN2CCOCC2)CC2C(c3ccccc3C)N(C(=O)N(C)Cc3cc(C(F)(F)F)cc(C(F)(F)F)c3)CCN12. The minimum Gasteiger partial charge on any atom is -0.379 e. The Bertz CT molecular complexity index is 1310. The van der Waals surface area contributed by atoms with Crippen molar-refractivity contribution in [3.63, 3.8) is 0 Å². The Labute approximate surface area is 247 Å². The fourth-order valence-electron chi connectivity index (χ4n) is 6.63. The first kappa shape index (κ1) is 31.2. The minimum absolute atomic E-state index is 0.0730. The molecule has 0 aliphatic carbocycles. The second-order valence-electron chi connectivity index (χ2n) is 11.6. The van der Waals surface area contributed by atoms with Gasteiger partial charge in [0.2, 0.25) is 0 Å². The Morgan fingerprint density at radius 2 is 1.60 bits per heavy atom. The summed E-state index contributed by atoms with van der Waals surface area (Å²) in [7, 11) is 1.41. The Hall–Kier alpha value is -3.25. The number of aryl methyl sites for hydroxylation is 1. The average Bonchev–Trinajstić information content (AvgIpc) is 3.26. The zero-order valence-corrected chi connectivity index (χ0v) is 24.2. The third-order valence-corrected chi connectivity index (χ3v) is 8.78. The Kier molecular flexibility index (Phi) is 8.72. The van der Waals surface area contributed by atoms with Crippen molar-refractivity contribution >= 4 is 6.03 Å². The standard InChI is InChI=1S/C31H36F6N4O2/c1-20-6-4-5-7-26(20)28-27-16-23(19-39-10-12-43-13-11-39)21(2)40(27)8-9-41(28)29(42)38(3)18-22-14-24(30(32,33)34)17-25(15-22)31(35,36)37/h4-7,14-15,17,23,27-28H,2,8-13,16,18-19H2,1,3H3. The van der Waals surface area contributed by atoms with Crippen LogP contribution in [0, 0.1) is 12.8 Å². The number of carbonyl (C=O) groups excluding carboxylic acids is 1. The molecule has 0 bridgehead atoms. The van der Waals surface area contributed by atoms with Crippen molar-refractivity contribution in [2.45, 2.75) is 44.3 Å². The third kappa shape index (κ3) is 6.64. The lowest BCUT2D eigenvalue weighted by atomic mass is 9.89. The summed E-state index contributed by atoms with van der Waals surface area (Å²) in [6.45, 7) is 10.7. The van der Waals surface area contributed by atoms with Crippen LogP contribution in [0.25, 0.3) is 0 Å². The topological polar surface area (TPSA) is 39.3 Å². The molecule has 0 N–H and O–H groups in total. The van der Waals surface area contributed by atoms with Crippen molar-refractivity contribution < 1.29 is 35.9 Å². The number of ether oxygens (including phenoxy) is 1. The highest BCUT2D eigenvalue weighted by molar-refractivity contribution is 5.75. The second-order valence-corrected chi connectivity index (χ2v) is 11.6. The summed E-state index contributed by atoms with van der Waals surface area (Å²) in [6, 6.07) is 8.31. The normalized spacial score (nSPS) is 23.4. The van der Waals surface area contributed by atoms with E-state index in [0.717, 1.165) is 42.9 Å². The molecule has 3 aliphatic heterocycles. The molecule has 0 saturated carbocycles. The Morgan fingerprint density at radius 1 is 0.977 bits per heavy atom. The molecule has 3 aliphatic rings. The van der Waals surface area contributed by atoms with Crippen molar-refractivity contribution in [2.24, 2.45) is 5.92 Å². The van der Waals surface area contributed by atoms with E-state index in [1.54, 1.807) is 4.90 Å². The van der Waals surface area contributed by atoms with Crippen LogP contribution in [0.1, 0.15) is 40.3 Å². The third-order valence-electron chi connectivity index (χ3n) is 8.78. The molecule has 5 rings (SSSR count). The van der Waals surface area contributed by atoms with E-state index in [0.29, 0.717) is 38.4 Å². The number of hydrogen-bond donors (Lipinski definition) is 0. The fourth-order valence-corrected chi connectivity index (χ4v) is 6.63. The zero-order chi connectivity index (χ0) is 31.1. The molecule has 0 aromatic heterocycles. The summed E-state index contributed by atoms with van der Waals surface area (Å²) in [4.78, 5) is 21.5. The number of amides is 2. The highest BCUT2D eigenvalue weighted by atomic mass is 19.4. The summed E-state index contributed by atoms with van der Waals surface area (Å²) in [6.07, 6.45) is -9.16. The first-order valence-corrected chi connectivity index (χ1v) is 14.3. The van der Waals surface area contributed by atoms with Crippen LogP contribution >= 0.6 is 0 Å². The summed E-state index contributed by atoms with van der Waals surface area (Å²) in [5.74, 6) is 0.188. The predicted octanol–water partition coefficient (Wildman–Crippen LogP) is 6.18. The maximum absolute atomic E-state index is 14.0. The van der Waals surface area contributed by atoms with Gasteiger partial charge in [-0.3, -0.25) is 4.90 Å². The van der Waals surface area contributed by atoms with Crippen LogP contribution in [0.5, 0.6) is 0 Å². The molecule has 0 radical (unpaired) electrons. The second kappa shape index (κ2) is 12.0. The first-order chi connectivity index (χ1) is 20.2. The maximum atomic E-state index is 14.0. The van der Waals surface area contributed by atoms with Crippen LogP contribution in [0.2, 0.25) is 0 Å². The summed E-state index contributed by atoms with van der Waals surface area (Å²) in [5.41, 5.74) is -0.0780. The minimum atomic E-state index is -4.96. The fraction of sp³-hybridized carbons (Fsp3) is 0.516. The number of piperazine rings is 1. The first-order valence-electron chi connectivity index (χ1n) is 14.3. The molecule has 6 nitrogen and oxygen atoms in total. The van der Waals surface area contributed by atoms with Crippen molar-refractivity contribution in [3.05, 3.63) is 82.6 Å². The van der Waals surface area contributed by atoms with E-state index in [9.17, 15) is 31.1 Å². The summed E-state index contributed by atoms with van der Waals surface area (Å²) in [5, 5.41) is 0. The van der Waals surface area contributed by atoms with Gasteiger partial charge in [0.05, 0.1) is 36.4 Å². The van der Waals surface area contributed by atoms with Gasteiger partial charge in [-0.15, -0.1) is 0 Å². The van der Waals surface area contributed by atoms with Crippen molar-refractivity contribution in [1.82, 2.24) is 19.6 Å². The van der Waals surface area contributed by atoms with Gasteiger partial charge >= 0.3 is 18.4 Å². The van der Waals surface area contributed by atoms with Crippen LogP contribution in [0.3, 0.4) is 0 Å². The lowest BCUT2D eigenvalue weighted by molar-refractivity contribution is -0.143. The van der Waals surface area contributed by atoms with Gasteiger partial charge in [-0.05, 0) is 48.2 Å². The van der Waals surface area contributed by atoms with Crippen molar-refractivity contribution in [1.29, 1.82) is 0 Å². The van der Waals surface area contributed by atoms with Crippen LogP contribution < -0.4 is 0 Å². The quantitative estimate of drug-likeness (QED) is 0.380. The molecule has 43 heavy (non-hydrogen) atoms. The van der Waals surface area contributed by atoms with Gasteiger partial charge in [0.25, 0.3) is 0 Å². The van der Waals surface area contributed by atoms with Gasteiger partial charge in [-0.1, -0.05) is 30.8 Å². The van der Waals surface area contributed by atoms with Gasteiger partial charge in [0, 0.05) is 57.9 Å². The molecule has 3 heterocycles. The van der Waals surface area contributed by atoms with E-state index in [1.807, 2.05) is 31.2 Å². The van der Waals surface area contributed by atoms with Crippen LogP contribution in [-0.2, 0) is 23.6 Å². The van der Waals surface area contributed by atoms with E-state index >= 15 is 0 Å². The molecule has 234 valence electrons. The Balaban J connectivity index is 1.42. The van der Waals surface area contributed by atoms with Gasteiger partial charge in [-0.2, -0.15) is 26.3 Å². The number of carbonyl (C=O) groups is 1. The maximum Gasteiger partial charge on any atom is 0.416 e. The van der Waals surface area contributed by atoms with Crippen LogP contribution in [0.15, 0.2) is 54.7 Å². The number of benzene rings is 2. The number of halogens is 6. The predicted molar refractivity (Wildman–Crippen MR) is 149 cm³/mol. The molecule has 2 amide bonds. The largest absolute Gasteiger partial charge is 0.416 e. The van der Waals surface area contributed by atoms with Crippen molar-refractivity contribution in [3.8, 4) is 0 Å². The summed E-state index contributed by atoms with van der Waals surface area (Å²) < 4.78 is 86.2. The highest BCUT2D eigenvalue weighted by Gasteiger charge is 2.47. The zero-order valence-electron chi connectivity index (χ0n) is 24.2. The van der Waals surface area contributed by atoms with E-state index in [2.05, 4.69) is 16.4 Å². The molecular formula is C31H36F6N4O2. The van der Waals surface area contributed by atoms with Crippen molar-refractivity contribution in [2.75, 3.05) is 53.0 Å². The molecule has 0 spiro atoms. The molecule has 3 saturated heterocycles. The number of morpholine rings is 1. The lowest BCUT2D eigenvalue weighted by Gasteiger charge is -2.47. The number of alkyl halides is 6. The van der Waals surface area contributed by atoms with Crippen LogP contribution in [-0.4, -0.2) is 84.7 Å². The highest BCUT2D eigenvalue weighted by Crippen LogP contribution is 2.45. The van der Waals surface area contributed by atoms with Gasteiger partial charge in [-0.25, -0.2) is 4.79 Å². The van der Waals surface area contributed by atoms with Crippen LogP contribution in [0.4, 0.5) is 31.1 Å². The molecule has 3 atom stereocenters. The van der Waals surface area contributed by atoms with E-state index in [-0.39, 0.29) is 29.6 Å². The molecular weight excluding hydrogens is 574 g/mol. The molecule has 3 unspecified atom stereocenters. The van der Waals surface area contributed by atoms with E-state index in [1.165, 1.54) is 11.9 Å². The Morgan fingerprint density at radius 3 is 2.21 bits per heavy atom. The number of rotatable bonds is 5. The van der Waals surface area contributed by atoms with Gasteiger partial charge in [0.1, 0.15) is 0 Å². The number of hydrogen-bond acceptors (Lipinski definition) is 4. The summed E-state index contributed by atoms with van der Waals surface area (Å²) >= 11 is 0. The van der Waals surface area contributed by atoms with E-state index < -0.39 is 36.1 Å². The van der Waals surface area contributed by atoms with Gasteiger partial charge in [0.15, 0.2) is 0 Å². The molecule has 2 aromatic rings. The average molecular weight is 611 g/mol. The monoisotopic (exact) mass is 610 g/mol. The smallest absolute Gasteiger partial charge is 0.379 e. The number of nitrogens with zero attached hydrogens (tertiary/aromatic N) is 4. The van der Waals surface area contributed by atoms with E-state index in [4.69, 9.17) is 4.74 Å². The molecule has 3 fully saturated rings. The molecule has 12 heteroatoms. The molecule has 2 aromatic carbocycles. The lowest BCUT2D eigenvalue weighted by Crippen LogP contribution is -2.56. The number of fused-ring (bicyclic) bond motifs is 1. The van der Waals surface area contributed by atoms with Gasteiger partial charge < -0.3 is 19.4 Å².